The van der Waals surface area contributed by atoms with Crippen molar-refractivity contribution in [3.63, 3.8) is 0 Å². The first kappa shape index (κ1) is 38.4. The van der Waals surface area contributed by atoms with Gasteiger partial charge in [-0.15, -0.1) is 0 Å². The summed E-state index contributed by atoms with van der Waals surface area (Å²) in [6.07, 6.45) is 2.78. The molecular weight excluding hydrogens is 991 g/mol. The minimum absolute atomic E-state index is 0.0681. The van der Waals surface area contributed by atoms with Crippen molar-refractivity contribution in [2.45, 2.75) is 49.6 Å². The number of benzene rings is 2. The third kappa shape index (κ3) is 9.94. The van der Waals surface area contributed by atoms with E-state index in [2.05, 4.69) is 59.0 Å². The molecule has 0 bridgehead atoms. The van der Waals surface area contributed by atoms with Gasteiger partial charge in [0.2, 0.25) is 0 Å². The van der Waals surface area contributed by atoms with Crippen LogP contribution in [0.3, 0.4) is 0 Å². The number of fused-ring (bicyclic) bond motifs is 1. The molecule has 3 aromatic rings. The summed E-state index contributed by atoms with van der Waals surface area (Å²) >= 11 is 2.45. The van der Waals surface area contributed by atoms with Crippen LogP contribution < -0.4 is 23.6 Å². The molecule has 13 nitrogen and oxygen atoms in total. The molecular formula is C33H39IN6O7PbS2. The number of hydrogen-bond acceptors (Lipinski definition) is 9. The van der Waals surface area contributed by atoms with Crippen molar-refractivity contribution in [2.24, 2.45) is 16.6 Å². The van der Waals surface area contributed by atoms with Crippen molar-refractivity contribution in [1.82, 2.24) is 13.3 Å². The summed E-state index contributed by atoms with van der Waals surface area (Å²) in [5.74, 6) is -1.02. The van der Waals surface area contributed by atoms with Gasteiger partial charge < -0.3 is 9.47 Å². The molecule has 1 unspecified atom stereocenters. The number of amides is 1. The number of carboxylic acids is 1. The number of aliphatic imine (C=N–C) groups is 1. The van der Waals surface area contributed by atoms with Crippen LogP contribution in [0.25, 0.3) is 11.1 Å². The number of nitrogens with two attached hydrogens (primary N) is 1. The Morgan fingerprint density at radius 3 is 2.76 bits per heavy atom. The van der Waals surface area contributed by atoms with Gasteiger partial charge in [-0.3, -0.25) is 9.69 Å². The molecule has 0 saturated carbocycles. The summed E-state index contributed by atoms with van der Waals surface area (Å²) in [5, 5.41) is 14.1. The first-order chi connectivity index (χ1) is 24.2. The number of guanidine groups is 1. The van der Waals surface area contributed by atoms with E-state index >= 15 is 0 Å². The van der Waals surface area contributed by atoms with Crippen molar-refractivity contribution in [3.8, 4) is 16.9 Å². The van der Waals surface area contributed by atoms with Crippen LogP contribution in [0.2, 0.25) is 0 Å². The third-order valence-electron chi connectivity index (χ3n) is 8.58. The molecule has 17 heteroatoms. The fourth-order valence-corrected chi connectivity index (χ4v) is 11.0. The fourth-order valence-electron chi connectivity index (χ4n) is 6.02. The number of ether oxygens (including phenoxy) is 2. The molecule has 1 amide bonds. The number of piperidine rings is 1. The summed E-state index contributed by atoms with van der Waals surface area (Å²) in [7, 11) is -0.377. The number of thiophene rings is 1. The zero-order valence-electron chi connectivity index (χ0n) is 27.4. The van der Waals surface area contributed by atoms with E-state index in [9.17, 15) is 23.7 Å². The molecule has 2 radical (unpaired) electrons. The van der Waals surface area contributed by atoms with Gasteiger partial charge in [-0.25, -0.2) is 4.21 Å². The predicted molar refractivity (Wildman–Crippen MR) is 203 cm³/mol. The topological polar surface area (TPSA) is 185 Å². The molecule has 6 N–H and O–H groups in total. The van der Waals surface area contributed by atoms with Gasteiger partial charge in [-0.05, 0) is 60.3 Å². The number of methoxy groups -OCH3 is 1. The average molecular weight is 1030 g/mol. The third-order valence-corrected chi connectivity index (χ3v) is 14.3. The van der Waals surface area contributed by atoms with Crippen molar-refractivity contribution in [2.75, 3.05) is 38.1 Å². The quantitative estimate of drug-likeness (QED) is 0.0376. The van der Waals surface area contributed by atoms with Crippen molar-refractivity contribution >= 4 is 89.8 Å². The Balaban J connectivity index is 1.30. The monoisotopic (exact) mass is 1030 g/mol. The number of hydrogen-bond donors (Lipinski definition) is 5. The van der Waals surface area contributed by atoms with Crippen LogP contribution in [0, 0.1) is 5.92 Å². The number of esters is 1. The van der Waals surface area contributed by atoms with Gasteiger partial charge in [0.05, 0.1) is 19.6 Å². The van der Waals surface area contributed by atoms with Gasteiger partial charge in [-0.2, -0.15) is 0 Å². The molecule has 2 atom stereocenters. The predicted octanol–water partition coefficient (Wildman–Crippen LogP) is 3.71. The van der Waals surface area contributed by atoms with E-state index in [0.29, 0.717) is 54.8 Å². The molecule has 1 fully saturated rings. The summed E-state index contributed by atoms with van der Waals surface area (Å²) in [4.78, 5) is 44.5. The van der Waals surface area contributed by atoms with E-state index < -0.39 is 49.1 Å². The Hall–Kier alpha value is -2.82. The number of nitrogens with one attached hydrogen (secondary N) is 3. The minimum Gasteiger partial charge on any atom is -0.492 e. The maximum absolute atomic E-state index is 14.0. The second kappa shape index (κ2) is 18.6. The summed E-state index contributed by atoms with van der Waals surface area (Å²) in [6, 6.07) is 12.6. The molecule has 5 rings (SSSR count). The number of halogens is 1. The number of carboxylic acid groups (broad SMARTS) is 1. The zero-order valence-corrected chi connectivity index (χ0v) is 35.1. The normalized spacial score (nSPS) is 16.2. The SMILES string of the molecule is COC(=O)C1CCN(Cc2ccccc2-c2cc3c(c(S(=O)Nc4ccsc4C(=O)N[C@@H](CCCN=C(N)[NH][Pb][I])C(=O)O)c2)OCC3)CC1. The van der Waals surface area contributed by atoms with E-state index in [1.165, 1.54) is 7.11 Å². The number of carbonyl (C=O) groups is 3. The number of likely N-dealkylation sites (tertiary alicyclic amines) is 1. The van der Waals surface area contributed by atoms with Crippen LogP contribution in [0.1, 0.15) is 46.5 Å². The summed E-state index contributed by atoms with van der Waals surface area (Å²) in [6.45, 7) is 3.10. The van der Waals surface area contributed by atoms with Gasteiger partial charge in [0, 0.05) is 13.0 Å². The fraction of sp³-hybridized carbons (Fsp3) is 0.394. The first-order valence-electron chi connectivity index (χ1n) is 16.1. The van der Waals surface area contributed by atoms with Gasteiger partial charge >= 0.3 is 159 Å². The van der Waals surface area contributed by atoms with E-state index in [4.69, 9.17) is 15.2 Å². The molecule has 1 aromatic heterocycles. The van der Waals surface area contributed by atoms with Crippen LogP contribution in [0.5, 0.6) is 5.75 Å². The minimum atomic E-state index is -1.81. The van der Waals surface area contributed by atoms with E-state index in [1.807, 2.05) is 18.2 Å². The van der Waals surface area contributed by atoms with E-state index in [-0.39, 0.29) is 23.2 Å². The number of nitrogens with zero attached hydrogens (tertiary/aromatic N) is 2. The first-order valence-corrected chi connectivity index (χ1v) is 31.0. The van der Waals surface area contributed by atoms with E-state index in [1.54, 1.807) is 11.4 Å². The largest absolute Gasteiger partial charge is 0.492 e. The van der Waals surface area contributed by atoms with Crippen LogP contribution in [0.4, 0.5) is 5.69 Å². The number of rotatable bonds is 15. The standard InChI is InChI=1S/C33H40N6O7S2.HI.Pb/c1-45-32(43)20-8-13-39(14-9-20)19-22-5-2-3-6-24(22)23-17-21-10-15-46-28(21)27(18-23)48(44)38-25-11-16-47-29(25)30(40)37-26(31(41)42)7-4-12-36-33(34)35;;/h2-3,5-6,11,16-18,20,26H,4,7-10,12-15,19H2,1H3,(H7,34,35,36,37,38,40,41,42);1H;/q;;+2/p-2/t26-,48?;;/m0../s1. The zero-order chi connectivity index (χ0) is 35.6. The Bertz CT molecular complexity index is 1750. The Kier molecular flexibility index (Phi) is 14.3. The molecule has 2 aliphatic heterocycles. The summed E-state index contributed by atoms with van der Waals surface area (Å²) in [5.41, 5.74) is 10.1. The second-order valence-corrected chi connectivity index (χ2v) is 20.4. The Labute approximate surface area is 318 Å². The smallest absolute Gasteiger partial charge is 0.0924 e. The maximum Gasteiger partial charge on any atom is 0.0924 e. The van der Waals surface area contributed by atoms with Crippen LogP contribution >= 0.6 is 29.1 Å². The molecule has 266 valence electrons. The van der Waals surface area contributed by atoms with Gasteiger partial charge in [0.1, 0.15) is 10.6 Å². The van der Waals surface area contributed by atoms with Gasteiger partial charge in [-0.1, -0.05) is 24.3 Å². The second-order valence-electron chi connectivity index (χ2n) is 11.8. The van der Waals surface area contributed by atoms with Crippen LogP contribution in [0.15, 0.2) is 57.7 Å². The van der Waals surface area contributed by atoms with Crippen LogP contribution in [-0.2, 0) is 38.3 Å². The molecule has 3 heterocycles. The van der Waals surface area contributed by atoms with E-state index in [0.717, 1.165) is 59.5 Å². The molecule has 50 heavy (non-hydrogen) atoms. The van der Waals surface area contributed by atoms with Crippen LogP contribution in [-0.4, -0.2) is 97.7 Å². The Morgan fingerprint density at radius 2 is 2.02 bits per heavy atom. The number of aliphatic carboxylic acids is 1. The van der Waals surface area contributed by atoms with Gasteiger partial charge in [0.25, 0.3) is 0 Å². The van der Waals surface area contributed by atoms with Crippen molar-refractivity contribution in [1.29, 1.82) is 0 Å². The molecule has 2 aliphatic rings. The molecule has 0 aliphatic carbocycles. The average Bonchev–Trinajstić information content (AvgIpc) is 3.79. The maximum atomic E-state index is 14.0. The molecule has 0 spiro atoms. The Morgan fingerprint density at radius 1 is 1.24 bits per heavy atom. The van der Waals surface area contributed by atoms with Crippen molar-refractivity contribution < 1.29 is 33.2 Å². The number of anilines is 1. The van der Waals surface area contributed by atoms with Crippen molar-refractivity contribution in [3.05, 3.63) is 63.8 Å². The summed E-state index contributed by atoms with van der Waals surface area (Å²) < 4.78 is 30.9. The molecule has 2 aromatic carbocycles. The molecule has 1 saturated heterocycles. The number of carbonyl (C=O) groups excluding carboxylic acids is 2. The van der Waals surface area contributed by atoms with Gasteiger partial charge in [0.15, 0.2) is 11.0 Å².